The molecule has 0 unspecified atom stereocenters. The average molecular weight is 611 g/mol. The molecule has 224 valence electrons. The van der Waals surface area contributed by atoms with Crippen LogP contribution in [-0.2, 0) is 0 Å². The Morgan fingerprint density at radius 1 is 0.312 bits per heavy atom. The molecule has 48 heavy (non-hydrogen) atoms. The van der Waals surface area contributed by atoms with Crippen LogP contribution in [0.4, 0.5) is 0 Å². The summed E-state index contributed by atoms with van der Waals surface area (Å²) in [5.74, 6) is 0. The quantitative estimate of drug-likeness (QED) is 0.188. The molecule has 2 nitrogen and oxygen atoms in total. The van der Waals surface area contributed by atoms with E-state index in [9.17, 15) is 0 Å². The van der Waals surface area contributed by atoms with E-state index < -0.39 is 0 Å². The fourth-order valence-corrected chi connectivity index (χ4v) is 7.77. The van der Waals surface area contributed by atoms with Crippen molar-refractivity contribution in [3.05, 3.63) is 182 Å². The Labute approximate surface area is 278 Å². The van der Waals surface area contributed by atoms with Crippen molar-refractivity contribution in [3.8, 4) is 33.6 Å². The highest BCUT2D eigenvalue weighted by Crippen LogP contribution is 2.42. The Kier molecular flexibility index (Phi) is 5.91. The molecule has 2 aromatic heterocycles. The van der Waals surface area contributed by atoms with Gasteiger partial charge in [0.1, 0.15) is 0 Å². The maximum atomic E-state index is 2.48. The minimum Gasteiger partial charge on any atom is -0.309 e. The highest BCUT2D eigenvalue weighted by atomic mass is 15.0. The van der Waals surface area contributed by atoms with Crippen molar-refractivity contribution in [1.82, 2.24) is 9.13 Å². The zero-order valence-electron chi connectivity index (χ0n) is 26.2. The second-order valence-electron chi connectivity index (χ2n) is 12.6. The minimum atomic E-state index is 1.15. The smallest absolute Gasteiger partial charge is 0.0641 e. The molecule has 0 fully saturated rings. The molecule has 0 bridgehead atoms. The van der Waals surface area contributed by atoms with Gasteiger partial charge in [0.15, 0.2) is 0 Å². The van der Waals surface area contributed by atoms with Gasteiger partial charge in [0.05, 0.1) is 22.1 Å². The maximum Gasteiger partial charge on any atom is 0.0641 e. The summed E-state index contributed by atoms with van der Waals surface area (Å²) >= 11 is 0. The third kappa shape index (κ3) is 4.00. The fraction of sp³-hybridized carbons (Fsp3) is 0. The van der Waals surface area contributed by atoms with Crippen LogP contribution in [0.2, 0.25) is 0 Å². The van der Waals surface area contributed by atoms with Crippen LogP contribution in [0.3, 0.4) is 0 Å². The molecule has 0 amide bonds. The van der Waals surface area contributed by atoms with Crippen molar-refractivity contribution in [2.75, 3.05) is 0 Å². The van der Waals surface area contributed by atoms with Gasteiger partial charge in [-0.3, -0.25) is 0 Å². The van der Waals surface area contributed by atoms with Crippen LogP contribution in [0.25, 0.3) is 88.0 Å². The summed E-state index contributed by atoms with van der Waals surface area (Å²) in [5.41, 5.74) is 12.1. The van der Waals surface area contributed by atoms with E-state index in [1.54, 1.807) is 0 Å². The van der Waals surface area contributed by atoms with Crippen LogP contribution in [0.1, 0.15) is 0 Å². The fourth-order valence-electron chi connectivity index (χ4n) is 7.77. The molecule has 10 aromatic rings. The Hall–Kier alpha value is -6.38. The molecule has 0 aliphatic carbocycles. The number of hydrogen-bond donors (Lipinski definition) is 0. The van der Waals surface area contributed by atoms with E-state index in [2.05, 4.69) is 191 Å². The maximum absolute atomic E-state index is 2.48. The molecule has 0 saturated carbocycles. The SMILES string of the molecule is c1ccc(-c2ccc(-n3c4ccccc4c4c3ccc3c5ccccc5n(-c5ccc6c(-c7ccccc7)cccc6c5)c34)cc2)cc1. The summed E-state index contributed by atoms with van der Waals surface area (Å²) in [4.78, 5) is 0. The Morgan fingerprint density at radius 3 is 1.69 bits per heavy atom. The molecule has 2 heteroatoms. The second-order valence-corrected chi connectivity index (χ2v) is 12.6. The highest BCUT2D eigenvalue weighted by molar-refractivity contribution is 6.26. The first kappa shape index (κ1) is 26.8. The molecule has 0 saturated heterocycles. The standard InChI is InChI=1S/C46H30N2/c1-3-12-31(13-4-1)32-22-24-35(25-23-32)47-43-21-10-8-18-41(43)45-44(47)29-28-40-39-17-7-9-20-42(39)48(46(40)45)36-26-27-38-34(30-36)16-11-19-37(38)33-14-5-2-6-15-33/h1-30H. The largest absolute Gasteiger partial charge is 0.309 e. The summed E-state index contributed by atoms with van der Waals surface area (Å²) in [5, 5.41) is 7.53. The van der Waals surface area contributed by atoms with Crippen LogP contribution >= 0.6 is 0 Å². The average Bonchev–Trinajstić information content (AvgIpc) is 3.68. The van der Waals surface area contributed by atoms with Crippen LogP contribution in [0, 0.1) is 0 Å². The molecule has 0 atom stereocenters. The first-order chi connectivity index (χ1) is 23.8. The van der Waals surface area contributed by atoms with E-state index in [0.29, 0.717) is 0 Å². The summed E-state index contributed by atoms with van der Waals surface area (Å²) in [7, 11) is 0. The predicted molar refractivity (Wildman–Crippen MR) is 203 cm³/mol. The summed E-state index contributed by atoms with van der Waals surface area (Å²) in [6, 6.07) is 66.1. The van der Waals surface area contributed by atoms with Crippen molar-refractivity contribution >= 4 is 54.4 Å². The highest BCUT2D eigenvalue weighted by Gasteiger charge is 2.21. The van der Waals surface area contributed by atoms with Crippen molar-refractivity contribution in [2.24, 2.45) is 0 Å². The zero-order valence-corrected chi connectivity index (χ0v) is 26.2. The number of rotatable bonds is 4. The van der Waals surface area contributed by atoms with Crippen molar-refractivity contribution < 1.29 is 0 Å². The molecule has 10 rings (SSSR count). The molecule has 0 spiro atoms. The first-order valence-corrected chi connectivity index (χ1v) is 16.5. The van der Waals surface area contributed by atoms with E-state index in [1.807, 2.05) is 0 Å². The van der Waals surface area contributed by atoms with E-state index in [1.165, 1.54) is 76.6 Å². The number of benzene rings is 8. The molecular formula is C46H30N2. The number of para-hydroxylation sites is 2. The lowest BCUT2D eigenvalue weighted by atomic mass is 9.98. The lowest BCUT2D eigenvalue weighted by Gasteiger charge is -2.13. The number of aromatic nitrogens is 2. The van der Waals surface area contributed by atoms with Crippen molar-refractivity contribution in [1.29, 1.82) is 0 Å². The van der Waals surface area contributed by atoms with Gasteiger partial charge in [0.25, 0.3) is 0 Å². The first-order valence-electron chi connectivity index (χ1n) is 16.5. The van der Waals surface area contributed by atoms with Gasteiger partial charge < -0.3 is 9.13 Å². The number of fused-ring (bicyclic) bond motifs is 8. The predicted octanol–water partition coefficient (Wildman–Crippen LogP) is 12.4. The molecule has 0 aliphatic rings. The summed E-state index contributed by atoms with van der Waals surface area (Å²) in [6.45, 7) is 0. The van der Waals surface area contributed by atoms with Crippen LogP contribution in [-0.4, -0.2) is 9.13 Å². The van der Waals surface area contributed by atoms with Gasteiger partial charge >= 0.3 is 0 Å². The molecule has 2 heterocycles. The summed E-state index contributed by atoms with van der Waals surface area (Å²) < 4.78 is 4.91. The van der Waals surface area contributed by atoms with Crippen molar-refractivity contribution in [2.45, 2.75) is 0 Å². The Bertz CT molecular complexity index is 2800. The van der Waals surface area contributed by atoms with Crippen molar-refractivity contribution in [3.63, 3.8) is 0 Å². The number of hydrogen-bond acceptors (Lipinski definition) is 0. The van der Waals surface area contributed by atoms with Gasteiger partial charge in [-0.2, -0.15) is 0 Å². The van der Waals surface area contributed by atoms with Gasteiger partial charge in [-0.25, -0.2) is 0 Å². The molecule has 0 aliphatic heterocycles. The zero-order chi connectivity index (χ0) is 31.6. The third-order valence-electron chi connectivity index (χ3n) is 9.91. The topological polar surface area (TPSA) is 9.86 Å². The van der Waals surface area contributed by atoms with Gasteiger partial charge in [-0.05, 0) is 75.5 Å². The van der Waals surface area contributed by atoms with Crippen LogP contribution in [0.15, 0.2) is 182 Å². The number of nitrogens with zero attached hydrogens (tertiary/aromatic N) is 2. The minimum absolute atomic E-state index is 1.15. The lowest BCUT2D eigenvalue weighted by molar-refractivity contribution is 1.18. The molecule has 0 radical (unpaired) electrons. The van der Waals surface area contributed by atoms with Gasteiger partial charge in [-0.15, -0.1) is 0 Å². The normalized spacial score (nSPS) is 11.8. The lowest BCUT2D eigenvalue weighted by Crippen LogP contribution is -1.96. The van der Waals surface area contributed by atoms with E-state index >= 15 is 0 Å². The van der Waals surface area contributed by atoms with Gasteiger partial charge in [-0.1, -0.05) is 140 Å². The Balaban J connectivity index is 1.25. The van der Waals surface area contributed by atoms with Gasteiger partial charge in [0.2, 0.25) is 0 Å². The molecular weight excluding hydrogens is 581 g/mol. The van der Waals surface area contributed by atoms with Crippen LogP contribution < -0.4 is 0 Å². The third-order valence-corrected chi connectivity index (χ3v) is 9.91. The second kappa shape index (κ2) is 10.6. The monoisotopic (exact) mass is 610 g/mol. The summed E-state index contributed by atoms with van der Waals surface area (Å²) in [6.07, 6.45) is 0. The van der Waals surface area contributed by atoms with Crippen LogP contribution in [0.5, 0.6) is 0 Å². The Morgan fingerprint density at radius 2 is 0.917 bits per heavy atom. The van der Waals surface area contributed by atoms with E-state index in [-0.39, 0.29) is 0 Å². The van der Waals surface area contributed by atoms with E-state index in [4.69, 9.17) is 0 Å². The van der Waals surface area contributed by atoms with Gasteiger partial charge in [0, 0.05) is 32.9 Å². The molecule has 8 aromatic carbocycles. The van der Waals surface area contributed by atoms with E-state index in [0.717, 1.165) is 11.4 Å². The molecule has 0 N–H and O–H groups in total.